The first-order valence-electron chi connectivity index (χ1n) is 9.80. The molecule has 4 nitrogen and oxygen atoms in total. The average Bonchev–Trinajstić information content (AvgIpc) is 3.30. The molecule has 3 fully saturated rings. The predicted octanol–water partition coefficient (Wildman–Crippen LogP) is 4.78. The molecule has 1 heterocycles. The van der Waals surface area contributed by atoms with Gasteiger partial charge in [0.1, 0.15) is 0 Å². The zero-order valence-corrected chi connectivity index (χ0v) is 15.7. The third-order valence-corrected chi connectivity index (χ3v) is 6.54. The van der Waals surface area contributed by atoms with Crippen molar-refractivity contribution < 1.29 is 26.7 Å². The van der Waals surface area contributed by atoms with E-state index in [9.17, 15) is 26.7 Å². The molecule has 0 spiro atoms. The molecule has 156 valence electrons. The second-order valence-electron chi connectivity index (χ2n) is 8.68. The van der Waals surface area contributed by atoms with Gasteiger partial charge in [0.25, 0.3) is 0 Å². The molecule has 9 heteroatoms. The van der Waals surface area contributed by atoms with Crippen LogP contribution in [-0.2, 0) is 11.3 Å². The van der Waals surface area contributed by atoms with E-state index in [1.54, 1.807) is 11.6 Å². The largest absolute Gasteiger partial charge is 0.395 e. The van der Waals surface area contributed by atoms with Crippen LogP contribution in [0.1, 0.15) is 80.3 Å². The molecule has 1 aromatic heterocycles. The molecule has 0 aromatic carbocycles. The molecule has 0 unspecified atom stereocenters. The fraction of sp³-hybridized carbons (Fsp3) is 0.789. The van der Waals surface area contributed by atoms with Crippen LogP contribution in [0, 0.1) is 12.3 Å². The highest BCUT2D eigenvalue weighted by Crippen LogP contribution is 2.55. The molecule has 28 heavy (non-hydrogen) atoms. The van der Waals surface area contributed by atoms with Gasteiger partial charge in [-0.1, -0.05) is 6.42 Å². The van der Waals surface area contributed by atoms with Crippen LogP contribution in [0.3, 0.4) is 0 Å². The fourth-order valence-corrected chi connectivity index (χ4v) is 4.36. The Labute approximate surface area is 159 Å². The number of rotatable bonds is 6. The van der Waals surface area contributed by atoms with E-state index in [0.717, 1.165) is 24.1 Å². The van der Waals surface area contributed by atoms with Crippen LogP contribution in [0.15, 0.2) is 0 Å². The summed E-state index contributed by atoms with van der Waals surface area (Å²) < 4.78 is 68.1. The van der Waals surface area contributed by atoms with Crippen molar-refractivity contribution in [1.82, 2.24) is 15.1 Å². The Hall–Kier alpha value is -1.67. The third-order valence-electron chi connectivity index (χ3n) is 6.54. The fourth-order valence-electron chi connectivity index (χ4n) is 4.36. The van der Waals surface area contributed by atoms with Crippen molar-refractivity contribution >= 4 is 5.91 Å². The summed E-state index contributed by atoms with van der Waals surface area (Å²) in [5.74, 6) is -3.58. The van der Waals surface area contributed by atoms with E-state index in [1.165, 1.54) is 0 Å². The van der Waals surface area contributed by atoms with E-state index < -0.39 is 29.8 Å². The smallest absolute Gasteiger partial charge is 0.350 e. The van der Waals surface area contributed by atoms with Crippen LogP contribution in [0.5, 0.6) is 0 Å². The van der Waals surface area contributed by atoms with E-state index in [1.807, 2.05) is 0 Å². The van der Waals surface area contributed by atoms with Crippen LogP contribution < -0.4 is 5.32 Å². The maximum atomic E-state index is 13.3. The van der Waals surface area contributed by atoms with E-state index in [4.69, 9.17) is 0 Å². The van der Waals surface area contributed by atoms with Crippen molar-refractivity contribution in [2.45, 2.75) is 88.9 Å². The van der Waals surface area contributed by atoms with Gasteiger partial charge in [0, 0.05) is 25.2 Å². The molecular weight excluding hydrogens is 381 g/mol. The normalized spacial score (nSPS) is 23.8. The van der Waals surface area contributed by atoms with Gasteiger partial charge in [0.2, 0.25) is 11.8 Å². The molecule has 0 radical (unpaired) electrons. The lowest BCUT2D eigenvalue weighted by Crippen LogP contribution is -2.47. The number of aromatic nitrogens is 2. The van der Waals surface area contributed by atoms with Gasteiger partial charge in [-0.15, -0.1) is 0 Å². The minimum Gasteiger partial charge on any atom is -0.350 e. The molecule has 4 rings (SSSR count). The maximum absolute atomic E-state index is 13.3. The van der Waals surface area contributed by atoms with Crippen LogP contribution >= 0.6 is 0 Å². The van der Waals surface area contributed by atoms with Gasteiger partial charge < -0.3 is 5.32 Å². The van der Waals surface area contributed by atoms with Crippen molar-refractivity contribution in [2.24, 2.45) is 5.41 Å². The number of hydrogen-bond donors (Lipinski definition) is 1. The first kappa shape index (κ1) is 19.6. The lowest BCUT2D eigenvalue weighted by atomic mass is 9.66. The number of nitrogens with zero attached hydrogens (tertiary/aromatic N) is 2. The highest BCUT2D eigenvalue weighted by Gasteiger charge is 2.58. The van der Waals surface area contributed by atoms with Crippen LogP contribution in [0.2, 0.25) is 0 Å². The summed E-state index contributed by atoms with van der Waals surface area (Å²) in [6, 6.07) is 0.188. The van der Waals surface area contributed by atoms with Gasteiger partial charge in [-0.3, -0.25) is 9.48 Å². The molecule has 3 aliphatic rings. The van der Waals surface area contributed by atoms with Crippen LogP contribution in [0.25, 0.3) is 0 Å². The summed E-state index contributed by atoms with van der Waals surface area (Å²) >= 11 is 0. The quantitative estimate of drug-likeness (QED) is 0.693. The van der Waals surface area contributed by atoms with E-state index in [0.29, 0.717) is 12.1 Å². The Balaban J connectivity index is 1.44. The van der Waals surface area contributed by atoms with Crippen LogP contribution in [-0.4, -0.2) is 27.8 Å². The number of halogens is 5. The lowest BCUT2D eigenvalue weighted by molar-refractivity contribution is -0.251. The Morgan fingerprint density at radius 2 is 1.89 bits per heavy atom. The van der Waals surface area contributed by atoms with Gasteiger partial charge in [-0.05, 0) is 38.2 Å². The lowest BCUT2D eigenvalue weighted by Gasteiger charge is -2.42. The third kappa shape index (κ3) is 3.41. The molecular formula is C19H24F5N3O. The SMILES string of the molecule is Cc1c(C2CC(F)(F)C2)nn(C2CC2)c1CNC(=O)CC1(C(F)(F)F)CCC1. The van der Waals surface area contributed by atoms with Crippen molar-refractivity contribution in [3.05, 3.63) is 17.0 Å². The average molecular weight is 405 g/mol. The highest BCUT2D eigenvalue weighted by atomic mass is 19.4. The van der Waals surface area contributed by atoms with Gasteiger partial charge in [0.15, 0.2) is 0 Å². The van der Waals surface area contributed by atoms with Crippen molar-refractivity contribution in [3.8, 4) is 0 Å². The summed E-state index contributed by atoms with van der Waals surface area (Å²) in [5.41, 5.74) is 0.219. The second kappa shape index (κ2) is 6.42. The molecule has 3 saturated carbocycles. The van der Waals surface area contributed by atoms with Crippen molar-refractivity contribution in [3.63, 3.8) is 0 Å². The zero-order chi connectivity index (χ0) is 20.3. The number of amides is 1. The molecule has 3 aliphatic carbocycles. The summed E-state index contributed by atoms with van der Waals surface area (Å²) in [6.07, 6.45) is -3.07. The Kier molecular flexibility index (Phi) is 4.50. The van der Waals surface area contributed by atoms with Crippen molar-refractivity contribution in [2.75, 3.05) is 0 Å². The molecule has 1 aromatic rings. The number of hydrogen-bond acceptors (Lipinski definition) is 2. The standard InChI is InChI=1S/C19H24F5N3O/c1-11-14(10-25-15(28)9-17(5-2-6-17)19(22,23)24)27(13-3-4-13)26-16(11)12-7-18(20,21)8-12/h12-13H,2-10H2,1H3,(H,25,28). The number of alkyl halides is 5. The van der Waals surface area contributed by atoms with Gasteiger partial charge in [-0.2, -0.15) is 18.3 Å². The number of nitrogens with one attached hydrogen (secondary N) is 1. The Bertz CT molecular complexity index is 769. The number of carbonyl (C=O) groups excluding carboxylic acids is 1. The molecule has 0 saturated heterocycles. The second-order valence-corrected chi connectivity index (χ2v) is 8.68. The molecule has 1 amide bonds. The van der Waals surface area contributed by atoms with Crippen molar-refractivity contribution in [1.29, 1.82) is 0 Å². The topological polar surface area (TPSA) is 46.9 Å². The van der Waals surface area contributed by atoms with Gasteiger partial charge >= 0.3 is 6.18 Å². The monoisotopic (exact) mass is 405 g/mol. The van der Waals surface area contributed by atoms with Crippen LogP contribution in [0.4, 0.5) is 22.0 Å². The van der Waals surface area contributed by atoms with E-state index >= 15 is 0 Å². The summed E-state index contributed by atoms with van der Waals surface area (Å²) in [5, 5.41) is 7.15. The first-order chi connectivity index (χ1) is 13.0. The Morgan fingerprint density at radius 3 is 2.36 bits per heavy atom. The molecule has 1 N–H and O–H groups in total. The summed E-state index contributed by atoms with van der Waals surface area (Å²) in [4.78, 5) is 12.2. The van der Waals surface area contributed by atoms with Gasteiger partial charge in [-0.25, -0.2) is 8.78 Å². The predicted molar refractivity (Wildman–Crippen MR) is 91.0 cm³/mol. The summed E-state index contributed by atoms with van der Waals surface area (Å²) in [6.45, 7) is 1.87. The Morgan fingerprint density at radius 1 is 1.25 bits per heavy atom. The highest BCUT2D eigenvalue weighted by molar-refractivity contribution is 5.77. The van der Waals surface area contributed by atoms with E-state index in [-0.39, 0.29) is 44.2 Å². The molecule has 0 atom stereocenters. The van der Waals surface area contributed by atoms with E-state index in [2.05, 4.69) is 10.4 Å². The maximum Gasteiger partial charge on any atom is 0.395 e. The first-order valence-corrected chi connectivity index (χ1v) is 9.80. The number of carbonyl (C=O) groups is 1. The van der Waals surface area contributed by atoms with Gasteiger partial charge in [0.05, 0.1) is 29.4 Å². The minimum absolute atomic E-state index is 0.0109. The minimum atomic E-state index is -4.38. The molecule has 0 aliphatic heterocycles. The summed E-state index contributed by atoms with van der Waals surface area (Å²) in [7, 11) is 0. The molecule has 0 bridgehead atoms. The zero-order valence-electron chi connectivity index (χ0n) is 15.7.